The summed E-state index contributed by atoms with van der Waals surface area (Å²) in [5.74, 6) is 0.131. The highest BCUT2D eigenvalue weighted by molar-refractivity contribution is 7.89. The van der Waals surface area contributed by atoms with Crippen LogP contribution < -0.4 is 0 Å². The Balaban J connectivity index is 2.91. The van der Waals surface area contributed by atoms with Gasteiger partial charge >= 0.3 is 0 Å². The van der Waals surface area contributed by atoms with E-state index in [-0.39, 0.29) is 12.3 Å². The zero-order chi connectivity index (χ0) is 15.2. The summed E-state index contributed by atoms with van der Waals surface area (Å²) in [7, 11) is -3.34. The first-order valence-electron chi connectivity index (χ1n) is 6.99. The first-order chi connectivity index (χ1) is 9.24. The number of hydrogen-bond donors (Lipinski definition) is 1. The average molecular weight is 299 g/mol. The molecule has 1 rings (SSSR count). The molecule has 4 nitrogen and oxygen atoms in total. The fourth-order valence-electron chi connectivity index (χ4n) is 1.93. The van der Waals surface area contributed by atoms with Gasteiger partial charge in [-0.1, -0.05) is 43.7 Å². The van der Waals surface area contributed by atoms with Gasteiger partial charge in [0.25, 0.3) is 0 Å². The summed E-state index contributed by atoms with van der Waals surface area (Å²) < 4.78 is 26.2. The Morgan fingerprint density at radius 2 is 1.80 bits per heavy atom. The molecule has 0 fully saturated rings. The van der Waals surface area contributed by atoms with Crippen LogP contribution in [0.5, 0.6) is 0 Å². The third-order valence-corrected chi connectivity index (χ3v) is 4.76. The van der Waals surface area contributed by atoms with Crippen molar-refractivity contribution < 1.29 is 13.5 Å². The maximum absolute atomic E-state index is 12.4. The fraction of sp³-hybridized carbons (Fsp3) is 0.600. The van der Waals surface area contributed by atoms with Crippen LogP contribution in [0, 0.1) is 0 Å². The summed E-state index contributed by atoms with van der Waals surface area (Å²) >= 11 is 0. The van der Waals surface area contributed by atoms with Crippen LogP contribution >= 0.6 is 0 Å². The molecule has 0 saturated heterocycles. The molecule has 0 bridgehead atoms. The standard InChI is InChI=1S/C15H25NO3S/c1-4-5-11-20(18,19)16(13-15(2,3)17)12-14-9-7-6-8-10-14/h6-10,17H,4-5,11-13H2,1-3H3. The van der Waals surface area contributed by atoms with Crippen molar-refractivity contribution in [2.24, 2.45) is 0 Å². The Hall–Kier alpha value is -0.910. The van der Waals surface area contributed by atoms with Crippen molar-refractivity contribution in [3.63, 3.8) is 0 Å². The van der Waals surface area contributed by atoms with Gasteiger partial charge in [-0.15, -0.1) is 0 Å². The van der Waals surface area contributed by atoms with Crippen LogP contribution in [0.4, 0.5) is 0 Å². The van der Waals surface area contributed by atoms with Crippen LogP contribution in [0.2, 0.25) is 0 Å². The van der Waals surface area contributed by atoms with Crippen molar-refractivity contribution >= 4 is 10.0 Å². The van der Waals surface area contributed by atoms with E-state index in [0.717, 1.165) is 12.0 Å². The summed E-state index contributed by atoms with van der Waals surface area (Å²) in [5.41, 5.74) is -0.120. The van der Waals surface area contributed by atoms with Crippen LogP contribution in [0.3, 0.4) is 0 Å². The number of aliphatic hydroxyl groups is 1. The molecule has 1 aromatic carbocycles. The maximum Gasteiger partial charge on any atom is 0.214 e. The Bertz CT molecular complexity index is 492. The van der Waals surface area contributed by atoms with Gasteiger partial charge in [-0.3, -0.25) is 0 Å². The summed E-state index contributed by atoms with van der Waals surface area (Å²) in [5, 5.41) is 9.95. The van der Waals surface area contributed by atoms with Gasteiger partial charge < -0.3 is 5.11 Å². The van der Waals surface area contributed by atoms with Gasteiger partial charge in [-0.05, 0) is 25.8 Å². The number of hydrogen-bond acceptors (Lipinski definition) is 3. The third kappa shape index (κ3) is 6.03. The SMILES string of the molecule is CCCCS(=O)(=O)N(Cc1ccccc1)CC(C)(C)O. The van der Waals surface area contributed by atoms with Crippen LogP contribution in [-0.2, 0) is 16.6 Å². The third-order valence-electron chi connectivity index (χ3n) is 2.91. The van der Waals surface area contributed by atoms with E-state index in [0.29, 0.717) is 13.0 Å². The maximum atomic E-state index is 12.4. The highest BCUT2D eigenvalue weighted by Crippen LogP contribution is 2.15. The summed E-state index contributed by atoms with van der Waals surface area (Å²) in [6.45, 7) is 5.62. The zero-order valence-electron chi connectivity index (χ0n) is 12.5. The zero-order valence-corrected chi connectivity index (χ0v) is 13.4. The summed E-state index contributed by atoms with van der Waals surface area (Å²) in [6.07, 6.45) is 1.47. The Morgan fingerprint density at radius 3 is 2.30 bits per heavy atom. The summed E-state index contributed by atoms with van der Waals surface area (Å²) in [6, 6.07) is 9.46. The van der Waals surface area contributed by atoms with E-state index in [1.807, 2.05) is 37.3 Å². The number of sulfonamides is 1. The Kier molecular flexibility index (Phi) is 6.17. The lowest BCUT2D eigenvalue weighted by molar-refractivity contribution is 0.0577. The molecule has 0 aliphatic rings. The second kappa shape index (κ2) is 7.20. The quantitative estimate of drug-likeness (QED) is 0.802. The van der Waals surface area contributed by atoms with E-state index in [1.165, 1.54) is 4.31 Å². The van der Waals surface area contributed by atoms with E-state index < -0.39 is 15.6 Å². The molecule has 0 heterocycles. The van der Waals surface area contributed by atoms with Gasteiger partial charge in [0.05, 0.1) is 11.4 Å². The van der Waals surface area contributed by atoms with Crippen molar-refractivity contribution in [1.82, 2.24) is 4.31 Å². The van der Waals surface area contributed by atoms with E-state index in [4.69, 9.17) is 0 Å². The Labute approximate surface area is 122 Å². The second-order valence-corrected chi connectivity index (χ2v) is 7.82. The molecular weight excluding hydrogens is 274 g/mol. The lowest BCUT2D eigenvalue weighted by Gasteiger charge is -2.28. The van der Waals surface area contributed by atoms with E-state index in [2.05, 4.69) is 0 Å². The molecule has 1 aromatic rings. The predicted molar refractivity (Wildman–Crippen MR) is 81.8 cm³/mol. The molecule has 0 atom stereocenters. The predicted octanol–water partition coefficient (Wildman–Crippen LogP) is 2.39. The Morgan fingerprint density at radius 1 is 1.20 bits per heavy atom. The number of benzene rings is 1. The lowest BCUT2D eigenvalue weighted by Crippen LogP contribution is -2.42. The van der Waals surface area contributed by atoms with Gasteiger partial charge in [-0.2, -0.15) is 4.31 Å². The van der Waals surface area contributed by atoms with Gasteiger partial charge in [0, 0.05) is 13.1 Å². The molecule has 0 aliphatic heterocycles. The number of nitrogens with zero attached hydrogens (tertiary/aromatic N) is 1. The van der Waals surface area contributed by atoms with E-state index >= 15 is 0 Å². The normalized spacial score (nSPS) is 12.8. The molecular formula is C15H25NO3S. The first-order valence-corrected chi connectivity index (χ1v) is 8.59. The minimum atomic E-state index is -3.34. The first kappa shape index (κ1) is 17.1. The van der Waals surface area contributed by atoms with Crippen molar-refractivity contribution in [2.45, 2.75) is 45.8 Å². The minimum absolute atomic E-state index is 0.105. The number of unbranched alkanes of at least 4 members (excludes halogenated alkanes) is 1. The molecule has 0 saturated carbocycles. The molecule has 1 N–H and O–H groups in total. The molecule has 5 heteroatoms. The van der Waals surface area contributed by atoms with Gasteiger partial charge in [0.15, 0.2) is 0 Å². The van der Waals surface area contributed by atoms with Gasteiger partial charge in [0.2, 0.25) is 10.0 Å². The molecule has 0 unspecified atom stereocenters. The van der Waals surface area contributed by atoms with Crippen molar-refractivity contribution in [3.8, 4) is 0 Å². The van der Waals surface area contributed by atoms with Crippen LogP contribution in [-0.4, -0.2) is 35.7 Å². The smallest absolute Gasteiger partial charge is 0.214 e. The lowest BCUT2D eigenvalue weighted by atomic mass is 10.1. The van der Waals surface area contributed by atoms with Crippen LogP contribution in [0.25, 0.3) is 0 Å². The summed E-state index contributed by atoms with van der Waals surface area (Å²) in [4.78, 5) is 0. The highest BCUT2D eigenvalue weighted by atomic mass is 32.2. The van der Waals surface area contributed by atoms with Crippen LogP contribution in [0.1, 0.15) is 39.2 Å². The fourth-order valence-corrected chi connectivity index (χ4v) is 3.70. The topological polar surface area (TPSA) is 57.6 Å². The molecule has 0 spiro atoms. The minimum Gasteiger partial charge on any atom is -0.389 e. The molecule has 0 radical (unpaired) electrons. The van der Waals surface area contributed by atoms with Gasteiger partial charge in [0.1, 0.15) is 0 Å². The van der Waals surface area contributed by atoms with Crippen LogP contribution in [0.15, 0.2) is 30.3 Å². The highest BCUT2D eigenvalue weighted by Gasteiger charge is 2.27. The molecule has 0 aliphatic carbocycles. The average Bonchev–Trinajstić information content (AvgIpc) is 2.35. The van der Waals surface area contributed by atoms with Crippen molar-refractivity contribution in [3.05, 3.63) is 35.9 Å². The van der Waals surface area contributed by atoms with Crippen molar-refractivity contribution in [1.29, 1.82) is 0 Å². The molecule has 114 valence electrons. The molecule has 20 heavy (non-hydrogen) atoms. The largest absolute Gasteiger partial charge is 0.389 e. The number of rotatable bonds is 8. The van der Waals surface area contributed by atoms with Gasteiger partial charge in [-0.25, -0.2) is 8.42 Å². The molecule has 0 amide bonds. The molecule has 0 aromatic heterocycles. The monoisotopic (exact) mass is 299 g/mol. The van der Waals surface area contributed by atoms with E-state index in [1.54, 1.807) is 13.8 Å². The van der Waals surface area contributed by atoms with Crippen molar-refractivity contribution in [2.75, 3.05) is 12.3 Å². The van der Waals surface area contributed by atoms with E-state index in [9.17, 15) is 13.5 Å². The second-order valence-electron chi connectivity index (χ2n) is 5.74.